The molecule has 25 heavy (non-hydrogen) atoms. The fraction of sp³-hybridized carbons (Fsp3) is 0.222. The van der Waals surface area contributed by atoms with Crippen LogP contribution in [0.25, 0.3) is 0 Å². The molecule has 0 unspecified atom stereocenters. The molecule has 0 heterocycles. The minimum atomic E-state index is -0.942. The van der Waals surface area contributed by atoms with Crippen LogP contribution in [0.15, 0.2) is 42.5 Å². The summed E-state index contributed by atoms with van der Waals surface area (Å²) in [5.41, 5.74) is 1.09. The van der Waals surface area contributed by atoms with Crippen LogP contribution in [0, 0.1) is 11.6 Å². The third-order valence-corrected chi connectivity index (χ3v) is 3.62. The number of rotatable bonds is 6. The summed E-state index contributed by atoms with van der Waals surface area (Å²) >= 11 is 0. The summed E-state index contributed by atoms with van der Waals surface area (Å²) in [6, 6.07) is 9.66. The van der Waals surface area contributed by atoms with Gasteiger partial charge in [0.05, 0.1) is 24.9 Å². The van der Waals surface area contributed by atoms with Gasteiger partial charge in [-0.3, -0.25) is 4.79 Å². The molecule has 0 fully saturated rings. The summed E-state index contributed by atoms with van der Waals surface area (Å²) in [7, 11) is 1.26. The fourth-order valence-corrected chi connectivity index (χ4v) is 2.22. The van der Waals surface area contributed by atoms with Crippen LogP contribution in [0.2, 0.25) is 0 Å². The summed E-state index contributed by atoms with van der Waals surface area (Å²) in [5, 5.41) is 5.53. The van der Waals surface area contributed by atoms with E-state index in [1.54, 1.807) is 31.2 Å². The van der Waals surface area contributed by atoms with E-state index >= 15 is 0 Å². The molecule has 2 rings (SSSR count). The topological polar surface area (TPSA) is 67.4 Å². The quantitative estimate of drug-likeness (QED) is 0.788. The molecule has 2 aromatic carbocycles. The molecule has 0 spiro atoms. The number of methoxy groups -OCH3 is 1. The first-order chi connectivity index (χ1) is 11.9. The zero-order chi connectivity index (χ0) is 18.4. The first-order valence-electron chi connectivity index (χ1n) is 7.58. The van der Waals surface area contributed by atoms with Gasteiger partial charge < -0.3 is 15.4 Å². The van der Waals surface area contributed by atoms with E-state index in [4.69, 9.17) is 0 Å². The molecule has 132 valence electrons. The zero-order valence-electron chi connectivity index (χ0n) is 13.8. The lowest BCUT2D eigenvalue weighted by Gasteiger charge is -2.15. The maximum Gasteiger partial charge on any atom is 0.339 e. The van der Waals surface area contributed by atoms with Crippen LogP contribution in [0.3, 0.4) is 0 Å². The van der Waals surface area contributed by atoms with Crippen molar-refractivity contribution in [2.75, 3.05) is 19.0 Å². The highest BCUT2D eigenvalue weighted by Gasteiger charge is 2.14. The molecule has 0 aliphatic heterocycles. The highest BCUT2D eigenvalue weighted by Crippen LogP contribution is 2.17. The summed E-state index contributed by atoms with van der Waals surface area (Å²) in [6.45, 7) is 1.65. The number of para-hydroxylation sites is 1. The lowest BCUT2D eigenvalue weighted by molar-refractivity contribution is -0.115. The third-order valence-electron chi connectivity index (χ3n) is 3.62. The number of nitrogens with one attached hydrogen (secondary N) is 2. The van der Waals surface area contributed by atoms with E-state index in [1.807, 2.05) is 0 Å². The van der Waals surface area contributed by atoms with Crippen LogP contribution in [0.4, 0.5) is 14.5 Å². The van der Waals surface area contributed by atoms with Crippen molar-refractivity contribution in [2.45, 2.75) is 13.0 Å². The van der Waals surface area contributed by atoms with Gasteiger partial charge in [-0.2, -0.15) is 0 Å². The van der Waals surface area contributed by atoms with Crippen molar-refractivity contribution in [2.24, 2.45) is 0 Å². The number of benzene rings is 2. The van der Waals surface area contributed by atoms with Gasteiger partial charge in [0.2, 0.25) is 5.91 Å². The van der Waals surface area contributed by atoms with E-state index in [9.17, 15) is 18.4 Å². The van der Waals surface area contributed by atoms with Crippen molar-refractivity contribution < 1.29 is 23.1 Å². The highest BCUT2D eigenvalue weighted by molar-refractivity contribution is 6.01. The number of esters is 1. The zero-order valence-corrected chi connectivity index (χ0v) is 13.8. The SMILES string of the molecule is COC(=O)c1ccccc1NC(=O)CN[C@H](C)c1ccc(F)c(F)c1. The lowest BCUT2D eigenvalue weighted by atomic mass is 10.1. The predicted octanol–water partition coefficient (Wildman–Crippen LogP) is 3.04. The molecular weight excluding hydrogens is 330 g/mol. The smallest absolute Gasteiger partial charge is 0.339 e. The Morgan fingerprint density at radius 2 is 1.84 bits per heavy atom. The molecular formula is C18H18F2N2O3. The molecule has 2 N–H and O–H groups in total. The summed E-state index contributed by atoms with van der Waals surface area (Å²) in [5.74, 6) is -2.81. The van der Waals surface area contributed by atoms with Crippen molar-refractivity contribution in [1.82, 2.24) is 5.32 Å². The van der Waals surface area contributed by atoms with Crippen molar-refractivity contribution in [3.05, 3.63) is 65.2 Å². The van der Waals surface area contributed by atoms with Gasteiger partial charge >= 0.3 is 5.97 Å². The Hall–Kier alpha value is -2.80. The summed E-state index contributed by atoms with van der Waals surface area (Å²) in [4.78, 5) is 23.7. The number of amides is 1. The second-order valence-corrected chi connectivity index (χ2v) is 5.36. The van der Waals surface area contributed by atoms with Gasteiger partial charge in [0, 0.05) is 6.04 Å². The summed E-state index contributed by atoms with van der Waals surface area (Å²) < 4.78 is 30.9. The predicted molar refractivity (Wildman–Crippen MR) is 89.2 cm³/mol. The van der Waals surface area contributed by atoms with Crippen LogP contribution in [0.1, 0.15) is 28.9 Å². The Kier molecular flexibility index (Phi) is 6.19. The number of hydrogen-bond acceptors (Lipinski definition) is 4. The third kappa shape index (κ3) is 4.84. The Morgan fingerprint density at radius 1 is 1.12 bits per heavy atom. The number of hydrogen-bond donors (Lipinski definition) is 2. The van der Waals surface area contributed by atoms with E-state index in [1.165, 1.54) is 13.2 Å². The number of anilines is 1. The maximum absolute atomic E-state index is 13.3. The monoisotopic (exact) mass is 348 g/mol. The van der Waals surface area contributed by atoms with Gasteiger partial charge in [-0.15, -0.1) is 0 Å². The van der Waals surface area contributed by atoms with Gasteiger partial charge in [0.25, 0.3) is 0 Å². The molecule has 0 bridgehead atoms. The van der Waals surface area contributed by atoms with Crippen LogP contribution < -0.4 is 10.6 Å². The molecule has 2 aromatic rings. The standard InChI is InChI=1S/C18H18F2N2O3/c1-11(12-7-8-14(19)15(20)9-12)21-10-17(23)22-16-6-4-3-5-13(16)18(24)25-2/h3-9,11,21H,10H2,1-2H3,(H,22,23)/t11-/m1/s1. The van der Waals surface area contributed by atoms with Gasteiger partial charge in [0.15, 0.2) is 11.6 Å². The average molecular weight is 348 g/mol. The second kappa shape index (κ2) is 8.34. The van der Waals surface area contributed by atoms with E-state index in [0.29, 0.717) is 11.3 Å². The van der Waals surface area contributed by atoms with E-state index in [0.717, 1.165) is 12.1 Å². The normalized spacial score (nSPS) is 11.7. The Morgan fingerprint density at radius 3 is 2.52 bits per heavy atom. The highest BCUT2D eigenvalue weighted by atomic mass is 19.2. The number of ether oxygens (including phenoxy) is 1. The van der Waals surface area contributed by atoms with Crippen LogP contribution in [0.5, 0.6) is 0 Å². The average Bonchev–Trinajstić information content (AvgIpc) is 2.61. The molecule has 7 heteroatoms. The molecule has 5 nitrogen and oxygen atoms in total. The molecule has 1 amide bonds. The first kappa shape index (κ1) is 18.5. The van der Waals surface area contributed by atoms with E-state index in [-0.39, 0.29) is 24.1 Å². The molecule has 1 atom stereocenters. The first-order valence-corrected chi connectivity index (χ1v) is 7.58. The largest absolute Gasteiger partial charge is 0.465 e. The van der Waals surface area contributed by atoms with Crippen LogP contribution in [-0.4, -0.2) is 25.5 Å². The van der Waals surface area contributed by atoms with Crippen LogP contribution in [-0.2, 0) is 9.53 Å². The number of halogens is 2. The summed E-state index contributed by atoms with van der Waals surface area (Å²) in [6.07, 6.45) is 0. The molecule has 0 saturated heterocycles. The Labute approximate surface area is 144 Å². The van der Waals surface area contributed by atoms with Gasteiger partial charge in [-0.25, -0.2) is 13.6 Å². The molecule has 0 saturated carbocycles. The van der Waals surface area contributed by atoms with E-state index < -0.39 is 17.6 Å². The van der Waals surface area contributed by atoms with Gasteiger partial charge in [0.1, 0.15) is 0 Å². The fourth-order valence-electron chi connectivity index (χ4n) is 2.22. The molecule has 0 aliphatic carbocycles. The van der Waals surface area contributed by atoms with Crippen molar-refractivity contribution in [3.63, 3.8) is 0 Å². The van der Waals surface area contributed by atoms with Gasteiger partial charge in [-0.1, -0.05) is 18.2 Å². The Balaban J connectivity index is 1.97. The molecule has 0 aromatic heterocycles. The maximum atomic E-state index is 13.3. The minimum absolute atomic E-state index is 0.0737. The number of carbonyl (C=O) groups excluding carboxylic acids is 2. The van der Waals surface area contributed by atoms with E-state index in [2.05, 4.69) is 15.4 Å². The van der Waals surface area contributed by atoms with Crippen molar-refractivity contribution in [3.8, 4) is 0 Å². The minimum Gasteiger partial charge on any atom is -0.465 e. The van der Waals surface area contributed by atoms with Crippen molar-refractivity contribution in [1.29, 1.82) is 0 Å². The van der Waals surface area contributed by atoms with Crippen LogP contribution >= 0.6 is 0 Å². The second-order valence-electron chi connectivity index (χ2n) is 5.36. The molecule has 0 aliphatic rings. The Bertz CT molecular complexity index is 781. The van der Waals surface area contributed by atoms with Gasteiger partial charge in [-0.05, 0) is 36.8 Å². The number of carbonyl (C=O) groups is 2. The van der Waals surface area contributed by atoms with Crippen molar-refractivity contribution >= 4 is 17.6 Å². The lowest BCUT2D eigenvalue weighted by Crippen LogP contribution is -2.30. The molecule has 0 radical (unpaired) electrons.